The maximum atomic E-state index is 13.1. The van der Waals surface area contributed by atoms with Crippen LogP contribution in [0.2, 0.25) is 0 Å². The Balaban J connectivity index is 1.88. The number of rotatable bonds is 5. The second-order valence-corrected chi connectivity index (χ2v) is 4.98. The summed E-state index contributed by atoms with van der Waals surface area (Å²) in [6.45, 7) is 2.01. The molecule has 0 unspecified atom stereocenters. The molecule has 0 aliphatic heterocycles. The third kappa shape index (κ3) is 4.39. The zero-order valence-corrected chi connectivity index (χ0v) is 11.8. The van der Waals surface area contributed by atoms with Gasteiger partial charge in [0.1, 0.15) is 5.82 Å². The lowest BCUT2D eigenvalue weighted by Crippen LogP contribution is -2.29. The molecule has 21 heavy (non-hydrogen) atoms. The number of aryl methyl sites for hydroxylation is 1. The molecule has 2 rings (SSSR count). The van der Waals surface area contributed by atoms with Crippen molar-refractivity contribution < 1.29 is 14.3 Å². The normalized spacial score (nSPS) is 12.0. The van der Waals surface area contributed by atoms with Gasteiger partial charge in [-0.1, -0.05) is 36.4 Å². The summed E-state index contributed by atoms with van der Waals surface area (Å²) in [5.74, 6) is -0.572. The molecule has 2 N–H and O–H groups in total. The van der Waals surface area contributed by atoms with Gasteiger partial charge in [0, 0.05) is 6.54 Å². The molecule has 0 radical (unpaired) electrons. The van der Waals surface area contributed by atoms with E-state index in [1.54, 1.807) is 6.07 Å². The predicted molar refractivity (Wildman–Crippen MR) is 79.3 cm³/mol. The summed E-state index contributed by atoms with van der Waals surface area (Å²) in [6.07, 6.45) is -0.649. The highest BCUT2D eigenvalue weighted by Crippen LogP contribution is 2.13. The standard InChI is InChI=1S/C17H18FNO2/c1-12-5-2-3-6-13(12)10-17(21)19-11-16(20)14-7-4-8-15(18)9-14/h2-9,16,20H,10-11H2,1H3,(H,19,21)/t16-/m1/s1. The fourth-order valence-corrected chi connectivity index (χ4v) is 2.09. The summed E-state index contributed by atoms with van der Waals surface area (Å²) in [7, 11) is 0. The molecule has 0 spiro atoms. The van der Waals surface area contributed by atoms with Gasteiger partial charge in [-0.05, 0) is 35.7 Å². The molecule has 0 saturated heterocycles. The Bertz CT molecular complexity index is 628. The number of nitrogens with one attached hydrogen (secondary N) is 1. The lowest BCUT2D eigenvalue weighted by atomic mass is 10.1. The van der Waals surface area contributed by atoms with E-state index in [1.165, 1.54) is 18.2 Å². The first-order valence-electron chi connectivity index (χ1n) is 6.81. The molecule has 2 aromatic carbocycles. The second kappa shape index (κ2) is 6.99. The Morgan fingerprint density at radius 1 is 1.24 bits per heavy atom. The minimum Gasteiger partial charge on any atom is -0.387 e. The third-order valence-corrected chi connectivity index (χ3v) is 3.34. The molecule has 0 saturated carbocycles. The molecule has 2 aromatic rings. The Labute approximate surface area is 123 Å². The molecule has 0 aliphatic rings. The van der Waals surface area contributed by atoms with E-state index in [0.717, 1.165) is 11.1 Å². The first-order chi connectivity index (χ1) is 10.1. The Hall–Kier alpha value is -2.20. The van der Waals surface area contributed by atoms with E-state index >= 15 is 0 Å². The van der Waals surface area contributed by atoms with Gasteiger partial charge in [-0.3, -0.25) is 4.79 Å². The van der Waals surface area contributed by atoms with Gasteiger partial charge in [0.2, 0.25) is 5.91 Å². The Morgan fingerprint density at radius 2 is 2.00 bits per heavy atom. The summed E-state index contributed by atoms with van der Waals surface area (Å²) in [5.41, 5.74) is 2.46. The number of amides is 1. The van der Waals surface area contributed by atoms with Crippen LogP contribution in [0, 0.1) is 12.7 Å². The number of aliphatic hydroxyl groups is 1. The van der Waals surface area contributed by atoms with Gasteiger partial charge >= 0.3 is 0 Å². The number of benzene rings is 2. The SMILES string of the molecule is Cc1ccccc1CC(=O)NC[C@@H](O)c1cccc(F)c1. The van der Waals surface area contributed by atoms with Gasteiger partial charge in [0.15, 0.2) is 0 Å². The van der Waals surface area contributed by atoms with Crippen molar-refractivity contribution >= 4 is 5.91 Å². The summed E-state index contributed by atoms with van der Waals surface area (Å²) in [5, 5.41) is 12.6. The average Bonchev–Trinajstić information content (AvgIpc) is 2.47. The minimum absolute atomic E-state index is 0.0637. The van der Waals surface area contributed by atoms with Gasteiger partial charge in [-0.2, -0.15) is 0 Å². The maximum Gasteiger partial charge on any atom is 0.224 e. The average molecular weight is 287 g/mol. The molecule has 0 bridgehead atoms. The van der Waals surface area contributed by atoms with Crippen molar-refractivity contribution in [1.82, 2.24) is 5.32 Å². The first kappa shape index (κ1) is 15.2. The van der Waals surface area contributed by atoms with E-state index in [1.807, 2.05) is 31.2 Å². The van der Waals surface area contributed by atoms with Crippen LogP contribution in [0.3, 0.4) is 0 Å². The van der Waals surface area contributed by atoms with Crippen LogP contribution < -0.4 is 5.32 Å². The molecule has 4 heteroatoms. The number of carbonyl (C=O) groups is 1. The first-order valence-corrected chi connectivity index (χ1v) is 6.81. The van der Waals surface area contributed by atoms with Crippen molar-refractivity contribution in [1.29, 1.82) is 0 Å². The summed E-state index contributed by atoms with van der Waals surface area (Å²) < 4.78 is 13.1. The van der Waals surface area contributed by atoms with Crippen LogP contribution in [0.1, 0.15) is 22.8 Å². The van der Waals surface area contributed by atoms with E-state index in [4.69, 9.17) is 0 Å². The fourth-order valence-electron chi connectivity index (χ4n) is 2.09. The predicted octanol–water partition coefficient (Wildman–Crippen LogP) is 2.53. The van der Waals surface area contributed by atoms with E-state index in [-0.39, 0.29) is 18.9 Å². The van der Waals surface area contributed by atoms with Crippen molar-refractivity contribution in [3.8, 4) is 0 Å². The zero-order valence-electron chi connectivity index (χ0n) is 11.8. The Morgan fingerprint density at radius 3 is 2.71 bits per heavy atom. The van der Waals surface area contributed by atoms with Crippen LogP contribution in [-0.2, 0) is 11.2 Å². The Kier molecular flexibility index (Phi) is 5.06. The van der Waals surface area contributed by atoms with Crippen molar-refractivity contribution in [2.45, 2.75) is 19.4 Å². The van der Waals surface area contributed by atoms with Gasteiger partial charge in [0.25, 0.3) is 0 Å². The summed E-state index contributed by atoms with van der Waals surface area (Å²) in [4.78, 5) is 11.9. The lowest BCUT2D eigenvalue weighted by molar-refractivity contribution is -0.120. The van der Waals surface area contributed by atoms with E-state index < -0.39 is 11.9 Å². The fraction of sp³-hybridized carbons (Fsp3) is 0.235. The molecular formula is C17H18FNO2. The molecule has 0 aromatic heterocycles. The summed E-state index contributed by atoms with van der Waals surface area (Å²) >= 11 is 0. The molecule has 1 atom stereocenters. The van der Waals surface area contributed by atoms with Crippen LogP contribution in [0.5, 0.6) is 0 Å². The molecule has 0 heterocycles. The number of hydrogen-bond acceptors (Lipinski definition) is 2. The summed E-state index contributed by atoms with van der Waals surface area (Å²) in [6, 6.07) is 13.4. The van der Waals surface area contributed by atoms with Crippen LogP contribution >= 0.6 is 0 Å². The van der Waals surface area contributed by atoms with E-state index in [2.05, 4.69) is 5.32 Å². The second-order valence-electron chi connectivity index (χ2n) is 4.98. The smallest absolute Gasteiger partial charge is 0.224 e. The zero-order chi connectivity index (χ0) is 15.2. The topological polar surface area (TPSA) is 49.3 Å². The van der Waals surface area contributed by atoms with Crippen molar-refractivity contribution in [2.24, 2.45) is 0 Å². The third-order valence-electron chi connectivity index (χ3n) is 3.34. The van der Waals surface area contributed by atoms with Crippen LogP contribution in [0.15, 0.2) is 48.5 Å². The van der Waals surface area contributed by atoms with Crippen LogP contribution in [-0.4, -0.2) is 17.6 Å². The minimum atomic E-state index is -0.915. The van der Waals surface area contributed by atoms with Gasteiger partial charge in [0.05, 0.1) is 12.5 Å². The lowest BCUT2D eigenvalue weighted by Gasteiger charge is -2.13. The molecule has 1 amide bonds. The maximum absolute atomic E-state index is 13.1. The molecule has 110 valence electrons. The van der Waals surface area contributed by atoms with Crippen molar-refractivity contribution in [2.75, 3.05) is 6.54 Å². The van der Waals surface area contributed by atoms with Crippen LogP contribution in [0.25, 0.3) is 0 Å². The molecular weight excluding hydrogens is 269 g/mol. The highest BCUT2D eigenvalue weighted by atomic mass is 19.1. The van der Waals surface area contributed by atoms with Crippen molar-refractivity contribution in [3.05, 3.63) is 71.0 Å². The number of hydrogen-bond donors (Lipinski definition) is 2. The van der Waals surface area contributed by atoms with Gasteiger partial charge in [-0.15, -0.1) is 0 Å². The molecule has 3 nitrogen and oxygen atoms in total. The monoisotopic (exact) mass is 287 g/mol. The van der Waals surface area contributed by atoms with E-state index in [0.29, 0.717) is 5.56 Å². The van der Waals surface area contributed by atoms with Crippen molar-refractivity contribution in [3.63, 3.8) is 0 Å². The molecule has 0 fully saturated rings. The molecule has 0 aliphatic carbocycles. The van der Waals surface area contributed by atoms with Crippen LogP contribution in [0.4, 0.5) is 4.39 Å². The van der Waals surface area contributed by atoms with Gasteiger partial charge in [-0.25, -0.2) is 4.39 Å². The number of carbonyl (C=O) groups excluding carboxylic acids is 1. The number of aliphatic hydroxyl groups excluding tert-OH is 1. The van der Waals surface area contributed by atoms with E-state index in [9.17, 15) is 14.3 Å². The quantitative estimate of drug-likeness (QED) is 0.888. The largest absolute Gasteiger partial charge is 0.387 e. The highest BCUT2D eigenvalue weighted by Gasteiger charge is 2.11. The van der Waals surface area contributed by atoms with Gasteiger partial charge < -0.3 is 10.4 Å². The number of halogens is 1. The highest BCUT2D eigenvalue weighted by molar-refractivity contribution is 5.78.